The molecule has 2 fully saturated rings. The fourth-order valence-corrected chi connectivity index (χ4v) is 3.27. The Morgan fingerprint density at radius 3 is 2.44 bits per heavy atom. The van der Waals surface area contributed by atoms with Crippen LogP contribution in [-0.4, -0.2) is 68.1 Å². The summed E-state index contributed by atoms with van der Waals surface area (Å²) in [6.45, 7) is 7.43. The number of amides is 1. The smallest absolute Gasteiger partial charge is 0.251 e. The number of hydrogen-bond donors (Lipinski definition) is 2. The number of piperazine rings is 1. The zero-order valence-electron chi connectivity index (χ0n) is 14.9. The van der Waals surface area contributed by atoms with Crippen molar-refractivity contribution < 1.29 is 4.79 Å². The summed E-state index contributed by atoms with van der Waals surface area (Å²) in [4.78, 5) is 17.1. The molecule has 0 radical (unpaired) electrons. The Morgan fingerprint density at radius 2 is 1.84 bits per heavy atom. The minimum atomic E-state index is 0. The number of hydrogen-bond acceptors (Lipinski definition) is 4. The molecule has 142 valence electrons. The van der Waals surface area contributed by atoms with E-state index in [9.17, 15) is 4.79 Å². The molecule has 1 atom stereocenters. The molecule has 2 aliphatic rings. The Labute approximate surface area is 163 Å². The second kappa shape index (κ2) is 11.0. The Morgan fingerprint density at radius 1 is 1.16 bits per heavy atom. The molecule has 3 rings (SSSR count). The molecule has 2 heterocycles. The lowest BCUT2D eigenvalue weighted by Gasteiger charge is -2.32. The summed E-state index contributed by atoms with van der Waals surface area (Å²) >= 11 is 0. The predicted octanol–water partition coefficient (Wildman–Crippen LogP) is 1.76. The van der Waals surface area contributed by atoms with Crippen LogP contribution in [0.25, 0.3) is 0 Å². The van der Waals surface area contributed by atoms with Crippen molar-refractivity contribution in [2.45, 2.75) is 25.4 Å². The van der Waals surface area contributed by atoms with Crippen molar-refractivity contribution in [3.63, 3.8) is 0 Å². The molecule has 2 N–H and O–H groups in total. The number of benzene rings is 1. The highest BCUT2D eigenvalue weighted by Crippen LogP contribution is 2.10. The maximum Gasteiger partial charge on any atom is 0.251 e. The Kier molecular flexibility index (Phi) is 9.75. The number of nitrogens with zero attached hydrogens (tertiary/aromatic N) is 2. The van der Waals surface area contributed by atoms with E-state index in [1.54, 1.807) is 0 Å². The highest BCUT2D eigenvalue weighted by atomic mass is 35.5. The van der Waals surface area contributed by atoms with Gasteiger partial charge in [-0.3, -0.25) is 9.69 Å². The van der Waals surface area contributed by atoms with E-state index in [1.165, 1.54) is 5.56 Å². The van der Waals surface area contributed by atoms with Gasteiger partial charge in [0, 0.05) is 50.9 Å². The number of likely N-dealkylation sites (N-methyl/N-ethyl adjacent to an activating group) is 1. The maximum atomic E-state index is 12.3. The van der Waals surface area contributed by atoms with Gasteiger partial charge >= 0.3 is 0 Å². The van der Waals surface area contributed by atoms with Crippen LogP contribution < -0.4 is 10.6 Å². The van der Waals surface area contributed by atoms with E-state index < -0.39 is 0 Å². The lowest BCUT2D eigenvalue weighted by molar-refractivity contribution is 0.0930. The number of piperidine rings is 1. The van der Waals surface area contributed by atoms with E-state index >= 15 is 0 Å². The topological polar surface area (TPSA) is 47.6 Å². The molecule has 1 amide bonds. The quantitative estimate of drug-likeness (QED) is 0.824. The molecule has 0 bridgehead atoms. The first kappa shape index (κ1) is 22.2. The molecule has 0 spiro atoms. The van der Waals surface area contributed by atoms with Crippen LogP contribution in [0.15, 0.2) is 24.3 Å². The molecule has 2 aliphatic heterocycles. The van der Waals surface area contributed by atoms with E-state index in [2.05, 4.69) is 39.6 Å². The van der Waals surface area contributed by atoms with Gasteiger partial charge in [-0.05, 0) is 44.1 Å². The number of nitrogens with one attached hydrogen (secondary N) is 2. The summed E-state index contributed by atoms with van der Waals surface area (Å²) in [6, 6.07) is 8.36. The molecule has 7 heteroatoms. The standard InChI is InChI=1S/C18H28N4O.2ClH/c1-21-9-11-22(12-10-21)14-15-4-6-16(7-5-15)18(23)20-17-3-2-8-19-13-17;;/h4-7,17,19H,2-3,8-14H2,1H3,(H,20,23);2*1H. The van der Waals surface area contributed by atoms with E-state index in [0.29, 0.717) is 0 Å². The van der Waals surface area contributed by atoms with Gasteiger partial charge in [0.15, 0.2) is 0 Å². The summed E-state index contributed by atoms with van der Waals surface area (Å²) in [7, 11) is 2.17. The number of carbonyl (C=O) groups is 1. The van der Waals surface area contributed by atoms with Gasteiger partial charge in [-0.2, -0.15) is 0 Å². The van der Waals surface area contributed by atoms with Crippen molar-refractivity contribution in [3.05, 3.63) is 35.4 Å². The molecule has 0 saturated carbocycles. The van der Waals surface area contributed by atoms with E-state index in [1.807, 2.05) is 12.1 Å². The molecule has 1 unspecified atom stereocenters. The number of carbonyl (C=O) groups excluding carboxylic acids is 1. The molecular weight excluding hydrogens is 359 g/mol. The minimum Gasteiger partial charge on any atom is -0.348 e. The molecule has 0 aromatic heterocycles. The maximum absolute atomic E-state index is 12.3. The second-order valence-electron chi connectivity index (χ2n) is 6.79. The third-order valence-electron chi connectivity index (χ3n) is 4.85. The van der Waals surface area contributed by atoms with Crippen molar-refractivity contribution in [2.24, 2.45) is 0 Å². The van der Waals surface area contributed by atoms with Crippen LogP contribution in [0.1, 0.15) is 28.8 Å². The number of rotatable bonds is 4. The Balaban J connectivity index is 0.00000156. The van der Waals surface area contributed by atoms with Crippen LogP contribution in [0.2, 0.25) is 0 Å². The van der Waals surface area contributed by atoms with E-state index in [-0.39, 0.29) is 36.8 Å². The summed E-state index contributed by atoms with van der Waals surface area (Å²) in [6.07, 6.45) is 2.20. The van der Waals surface area contributed by atoms with Crippen molar-refractivity contribution in [2.75, 3.05) is 46.3 Å². The lowest BCUT2D eigenvalue weighted by atomic mass is 10.1. The van der Waals surface area contributed by atoms with Crippen LogP contribution in [0, 0.1) is 0 Å². The highest BCUT2D eigenvalue weighted by Gasteiger charge is 2.17. The molecule has 1 aromatic rings. The molecule has 1 aromatic carbocycles. The molecule has 2 saturated heterocycles. The summed E-state index contributed by atoms with van der Waals surface area (Å²) in [5.41, 5.74) is 2.04. The Bertz CT molecular complexity index is 512. The largest absolute Gasteiger partial charge is 0.348 e. The monoisotopic (exact) mass is 388 g/mol. The van der Waals surface area contributed by atoms with Gasteiger partial charge in [0.1, 0.15) is 0 Å². The van der Waals surface area contributed by atoms with E-state index in [0.717, 1.165) is 64.2 Å². The zero-order chi connectivity index (χ0) is 16.1. The van der Waals surface area contributed by atoms with Gasteiger partial charge in [0.05, 0.1) is 0 Å². The van der Waals surface area contributed by atoms with Crippen LogP contribution in [0.4, 0.5) is 0 Å². The van der Waals surface area contributed by atoms with Gasteiger partial charge in [0.25, 0.3) is 5.91 Å². The first-order valence-electron chi connectivity index (χ1n) is 8.72. The average Bonchev–Trinajstić information content (AvgIpc) is 2.58. The normalized spacial score (nSPS) is 21.7. The first-order valence-corrected chi connectivity index (χ1v) is 8.72. The van der Waals surface area contributed by atoms with Gasteiger partial charge in [0.2, 0.25) is 0 Å². The van der Waals surface area contributed by atoms with Crippen LogP contribution in [-0.2, 0) is 6.54 Å². The summed E-state index contributed by atoms with van der Waals surface area (Å²) in [5.74, 6) is 0.0462. The third-order valence-corrected chi connectivity index (χ3v) is 4.85. The molecule has 25 heavy (non-hydrogen) atoms. The third kappa shape index (κ3) is 6.76. The Hall–Kier alpha value is -0.850. The van der Waals surface area contributed by atoms with Gasteiger partial charge in [-0.25, -0.2) is 0 Å². The highest BCUT2D eigenvalue weighted by molar-refractivity contribution is 5.94. The van der Waals surface area contributed by atoms with Gasteiger partial charge in [-0.1, -0.05) is 12.1 Å². The summed E-state index contributed by atoms with van der Waals surface area (Å²) in [5, 5.41) is 6.45. The fourth-order valence-electron chi connectivity index (χ4n) is 3.27. The number of halogens is 2. The lowest BCUT2D eigenvalue weighted by Crippen LogP contribution is -2.45. The molecular formula is C18H30Cl2N4O. The predicted molar refractivity (Wildman–Crippen MR) is 107 cm³/mol. The van der Waals surface area contributed by atoms with Crippen molar-refractivity contribution >= 4 is 30.7 Å². The second-order valence-corrected chi connectivity index (χ2v) is 6.79. The zero-order valence-corrected chi connectivity index (χ0v) is 16.5. The first-order chi connectivity index (χ1) is 11.2. The average molecular weight is 389 g/mol. The molecule has 0 aliphatic carbocycles. The fraction of sp³-hybridized carbons (Fsp3) is 0.611. The van der Waals surface area contributed by atoms with Crippen LogP contribution >= 0.6 is 24.8 Å². The van der Waals surface area contributed by atoms with Crippen LogP contribution in [0.3, 0.4) is 0 Å². The van der Waals surface area contributed by atoms with Gasteiger partial charge < -0.3 is 15.5 Å². The summed E-state index contributed by atoms with van der Waals surface area (Å²) < 4.78 is 0. The van der Waals surface area contributed by atoms with Crippen molar-refractivity contribution in [1.29, 1.82) is 0 Å². The van der Waals surface area contributed by atoms with Gasteiger partial charge in [-0.15, -0.1) is 24.8 Å². The van der Waals surface area contributed by atoms with Crippen LogP contribution in [0.5, 0.6) is 0 Å². The molecule has 5 nitrogen and oxygen atoms in total. The SMILES string of the molecule is CN1CCN(Cc2ccc(C(=O)NC3CCCNC3)cc2)CC1.Cl.Cl. The minimum absolute atomic E-state index is 0. The van der Waals surface area contributed by atoms with Crippen molar-refractivity contribution in [3.8, 4) is 0 Å². The van der Waals surface area contributed by atoms with E-state index in [4.69, 9.17) is 0 Å². The van der Waals surface area contributed by atoms with Crippen molar-refractivity contribution in [1.82, 2.24) is 20.4 Å².